The number of carboxylic acid groups (broad SMARTS) is 1. The van der Waals surface area contributed by atoms with E-state index in [9.17, 15) is 19.8 Å². The van der Waals surface area contributed by atoms with Crippen molar-refractivity contribution in [3.63, 3.8) is 0 Å². The van der Waals surface area contributed by atoms with Crippen LogP contribution in [0.2, 0.25) is 0 Å². The molecule has 3 unspecified atom stereocenters. The van der Waals surface area contributed by atoms with Crippen molar-refractivity contribution in [1.29, 1.82) is 0 Å². The van der Waals surface area contributed by atoms with Crippen molar-refractivity contribution >= 4 is 11.8 Å². The summed E-state index contributed by atoms with van der Waals surface area (Å²) in [4.78, 5) is 24.7. The molecule has 1 aromatic carbocycles. The van der Waals surface area contributed by atoms with E-state index in [-0.39, 0.29) is 35.2 Å². The maximum Gasteiger partial charge on any atom is 0.309 e. The van der Waals surface area contributed by atoms with E-state index in [4.69, 9.17) is 0 Å². The number of carboxylic acids is 1. The number of benzene rings is 1. The Labute approximate surface area is 142 Å². The van der Waals surface area contributed by atoms with E-state index in [0.29, 0.717) is 12.0 Å². The summed E-state index contributed by atoms with van der Waals surface area (Å²) in [5.74, 6) is -0.715. The van der Waals surface area contributed by atoms with Gasteiger partial charge in [-0.1, -0.05) is 27.2 Å². The van der Waals surface area contributed by atoms with Crippen LogP contribution in [-0.2, 0) is 10.2 Å². The van der Waals surface area contributed by atoms with Crippen LogP contribution < -0.4 is 0 Å². The number of aromatic hydroxyl groups is 1. The normalized spacial score (nSPS) is 32.4. The molecule has 1 saturated carbocycles. The topological polar surface area (TPSA) is 74.6 Å². The third-order valence-corrected chi connectivity index (χ3v) is 6.51. The van der Waals surface area contributed by atoms with E-state index < -0.39 is 11.4 Å². The molecule has 4 nitrogen and oxygen atoms in total. The van der Waals surface area contributed by atoms with E-state index in [2.05, 4.69) is 6.92 Å². The van der Waals surface area contributed by atoms with Crippen LogP contribution in [0.1, 0.15) is 80.8 Å². The molecule has 0 aliphatic heterocycles. The molecule has 0 radical (unpaired) electrons. The average molecular weight is 330 g/mol. The van der Waals surface area contributed by atoms with Gasteiger partial charge in [-0.15, -0.1) is 0 Å². The molecule has 2 aliphatic carbocycles. The Hall–Kier alpha value is -1.84. The highest BCUT2D eigenvalue weighted by Gasteiger charge is 2.57. The first-order valence-corrected chi connectivity index (χ1v) is 8.75. The van der Waals surface area contributed by atoms with E-state index in [0.717, 1.165) is 24.0 Å². The van der Waals surface area contributed by atoms with Crippen LogP contribution in [0.15, 0.2) is 12.1 Å². The summed E-state index contributed by atoms with van der Waals surface area (Å²) >= 11 is 0. The third-order valence-electron chi connectivity index (χ3n) is 6.51. The van der Waals surface area contributed by atoms with Gasteiger partial charge in [-0.3, -0.25) is 9.59 Å². The van der Waals surface area contributed by atoms with Gasteiger partial charge in [0.1, 0.15) is 5.75 Å². The van der Waals surface area contributed by atoms with Crippen LogP contribution in [0.4, 0.5) is 0 Å². The fourth-order valence-electron chi connectivity index (χ4n) is 4.97. The van der Waals surface area contributed by atoms with Crippen LogP contribution in [0.25, 0.3) is 0 Å². The quantitative estimate of drug-likeness (QED) is 0.850. The smallest absolute Gasteiger partial charge is 0.309 e. The Balaban J connectivity index is 2.21. The second-order valence-electron chi connectivity index (χ2n) is 8.28. The molecule has 0 amide bonds. The van der Waals surface area contributed by atoms with Gasteiger partial charge in [-0.05, 0) is 60.3 Å². The zero-order valence-electron chi connectivity index (χ0n) is 14.8. The maximum absolute atomic E-state index is 12.8. The number of fused-ring (bicyclic) bond motifs is 3. The van der Waals surface area contributed by atoms with Crippen molar-refractivity contribution in [3.8, 4) is 5.75 Å². The highest BCUT2D eigenvalue weighted by molar-refractivity contribution is 6.00. The summed E-state index contributed by atoms with van der Waals surface area (Å²) in [6.45, 7) is 7.82. The number of aliphatic carboxylic acids is 1. The number of Topliss-reactive ketones (excluding diaryl/α,β-unsaturated/α-hetero) is 1. The number of ketones is 1. The van der Waals surface area contributed by atoms with E-state index in [1.54, 1.807) is 13.0 Å². The van der Waals surface area contributed by atoms with Gasteiger partial charge >= 0.3 is 5.97 Å². The van der Waals surface area contributed by atoms with Gasteiger partial charge < -0.3 is 10.2 Å². The number of carbonyl (C=O) groups is 2. The predicted octanol–water partition coefficient (Wildman–Crippen LogP) is 4.25. The Morgan fingerprint density at radius 3 is 2.50 bits per heavy atom. The minimum atomic E-state index is -0.896. The van der Waals surface area contributed by atoms with Crippen LogP contribution >= 0.6 is 0 Å². The van der Waals surface area contributed by atoms with Gasteiger partial charge in [0.05, 0.1) is 5.41 Å². The van der Waals surface area contributed by atoms with Gasteiger partial charge in [-0.2, -0.15) is 0 Å². The Morgan fingerprint density at radius 1 is 1.25 bits per heavy atom. The van der Waals surface area contributed by atoms with Crippen molar-refractivity contribution in [2.24, 2.45) is 11.3 Å². The zero-order valence-corrected chi connectivity index (χ0v) is 14.8. The molecule has 0 bridgehead atoms. The molecule has 2 N–H and O–H groups in total. The highest BCUT2D eigenvalue weighted by atomic mass is 16.4. The predicted molar refractivity (Wildman–Crippen MR) is 91.6 cm³/mol. The molecular weight excluding hydrogens is 304 g/mol. The summed E-state index contributed by atoms with van der Waals surface area (Å²) < 4.78 is 0. The molecular formula is C20H26O4. The highest BCUT2D eigenvalue weighted by Crippen LogP contribution is 2.58. The molecule has 130 valence electrons. The number of carbonyl (C=O) groups excluding carboxylic acids is 1. The molecule has 0 aromatic heterocycles. The van der Waals surface area contributed by atoms with Crippen molar-refractivity contribution in [3.05, 3.63) is 28.8 Å². The minimum Gasteiger partial charge on any atom is -0.508 e. The first kappa shape index (κ1) is 17.0. The Bertz CT molecular complexity index is 721. The number of rotatable bonds is 2. The van der Waals surface area contributed by atoms with Crippen molar-refractivity contribution in [1.82, 2.24) is 0 Å². The first-order chi connectivity index (χ1) is 11.1. The maximum atomic E-state index is 12.8. The fraction of sp³-hybridized carbons (Fsp3) is 0.600. The first-order valence-electron chi connectivity index (χ1n) is 8.75. The molecule has 3 atom stereocenters. The fourth-order valence-corrected chi connectivity index (χ4v) is 4.97. The lowest BCUT2D eigenvalue weighted by Gasteiger charge is -2.53. The largest absolute Gasteiger partial charge is 0.508 e. The molecule has 1 aromatic rings. The second-order valence-corrected chi connectivity index (χ2v) is 8.28. The van der Waals surface area contributed by atoms with Gasteiger partial charge in [-0.25, -0.2) is 0 Å². The van der Waals surface area contributed by atoms with Crippen molar-refractivity contribution < 1.29 is 19.8 Å². The summed E-state index contributed by atoms with van der Waals surface area (Å²) in [5.41, 5.74) is 0.998. The third kappa shape index (κ3) is 2.19. The zero-order chi connectivity index (χ0) is 17.9. The number of hydrogen-bond donors (Lipinski definition) is 2. The molecule has 3 rings (SSSR count). The summed E-state index contributed by atoms with van der Waals surface area (Å²) in [6, 6.07) is 3.55. The molecule has 1 fully saturated rings. The lowest BCUT2D eigenvalue weighted by Crippen LogP contribution is -2.53. The van der Waals surface area contributed by atoms with E-state index >= 15 is 0 Å². The standard InChI is InChI=1S/C20H26O4/c1-11(2)12-8-13-14(9-15(12)21)19(3)6-5-7-20(4,18(23)24)17(19)10-16(13)22/h8-9,11,17,21H,5-7,10H2,1-4H3,(H,23,24). The van der Waals surface area contributed by atoms with Gasteiger partial charge in [0.15, 0.2) is 5.78 Å². The minimum absolute atomic E-state index is 0.00347. The average Bonchev–Trinajstić information content (AvgIpc) is 2.49. The number of hydrogen-bond acceptors (Lipinski definition) is 3. The van der Waals surface area contributed by atoms with Gasteiger partial charge in [0.2, 0.25) is 0 Å². The van der Waals surface area contributed by atoms with E-state index in [1.807, 2.05) is 19.9 Å². The number of phenolic OH excluding ortho intramolecular Hbond substituents is 1. The monoisotopic (exact) mass is 330 g/mol. The Morgan fingerprint density at radius 2 is 1.92 bits per heavy atom. The molecule has 2 aliphatic rings. The number of phenols is 1. The molecule has 4 heteroatoms. The van der Waals surface area contributed by atoms with Crippen LogP contribution in [-0.4, -0.2) is 22.0 Å². The molecule has 24 heavy (non-hydrogen) atoms. The summed E-state index contributed by atoms with van der Waals surface area (Å²) in [5, 5.41) is 20.2. The summed E-state index contributed by atoms with van der Waals surface area (Å²) in [6.07, 6.45) is 2.53. The molecule has 0 heterocycles. The van der Waals surface area contributed by atoms with Crippen LogP contribution in [0.3, 0.4) is 0 Å². The van der Waals surface area contributed by atoms with Gasteiger partial charge in [0.25, 0.3) is 0 Å². The Kier molecular flexibility index (Phi) is 3.78. The lowest BCUT2D eigenvalue weighted by atomic mass is 9.49. The van der Waals surface area contributed by atoms with Crippen LogP contribution in [0, 0.1) is 11.3 Å². The lowest BCUT2D eigenvalue weighted by molar-refractivity contribution is -0.156. The second kappa shape index (κ2) is 5.33. The van der Waals surface area contributed by atoms with Crippen molar-refractivity contribution in [2.75, 3.05) is 0 Å². The summed E-state index contributed by atoms with van der Waals surface area (Å²) in [7, 11) is 0. The van der Waals surface area contributed by atoms with Crippen molar-refractivity contribution in [2.45, 2.75) is 64.7 Å². The van der Waals surface area contributed by atoms with Crippen LogP contribution in [0.5, 0.6) is 5.75 Å². The molecule has 0 saturated heterocycles. The van der Waals surface area contributed by atoms with E-state index in [1.165, 1.54) is 0 Å². The van der Waals surface area contributed by atoms with Gasteiger partial charge in [0, 0.05) is 12.0 Å². The SMILES string of the molecule is CC(C)c1cc2c(cc1O)C1(C)CCCC(C)(C(=O)O)C1CC2=O. The molecule has 0 spiro atoms.